The Kier molecular flexibility index (Phi) is 6.78. The van der Waals surface area contributed by atoms with Crippen molar-refractivity contribution in [1.82, 2.24) is 4.98 Å². The molecule has 0 spiro atoms. The van der Waals surface area contributed by atoms with Crippen molar-refractivity contribution in [2.24, 2.45) is 5.73 Å². The first-order valence-electron chi connectivity index (χ1n) is 7.08. The van der Waals surface area contributed by atoms with Crippen LogP contribution in [0.5, 0.6) is 0 Å². The Bertz CT molecular complexity index is 418. The van der Waals surface area contributed by atoms with Crippen LogP contribution >= 0.6 is 12.2 Å². The Labute approximate surface area is 122 Å². The van der Waals surface area contributed by atoms with E-state index in [9.17, 15) is 0 Å². The van der Waals surface area contributed by atoms with Crippen molar-refractivity contribution in [2.45, 2.75) is 58.9 Å². The third-order valence-electron chi connectivity index (χ3n) is 3.12. The number of aromatic nitrogens is 1. The average Bonchev–Trinajstić information content (AvgIpc) is 2.34. The molecule has 4 heteroatoms. The molecular weight excluding hydrogens is 254 g/mol. The van der Waals surface area contributed by atoms with Crippen molar-refractivity contribution in [1.29, 1.82) is 0 Å². The van der Waals surface area contributed by atoms with Gasteiger partial charge in [-0.2, -0.15) is 0 Å². The molecule has 1 aromatic rings. The highest BCUT2D eigenvalue weighted by atomic mass is 32.1. The summed E-state index contributed by atoms with van der Waals surface area (Å²) in [4.78, 5) is 4.89. The molecule has 1 unspecified atom stereocenters. The van der Waals surface area contributed by atoms with Crippen LogP contribution in [0.15, 0.2) is 12.1 Å². The molecule has 1 heterocycles. The van der Waals surface area contributed by atoms with Crippen LogP contribution in [0.1, 0.15) is 57.2 Å². The number of hydrogen-bond donors (Lipinski definition) is 2. The molecule has 19 heavy (non-hydrogen) atoms. The molecule has 0 aliphatic carbocycles. The molecule has 0 fully saturated rings. The number of thiocarbonyl (C=S) groups is 1. The number of rotatable bonds is 8. The fraction of sp³-hybridized carbons (Fsp3) is 0.600. The fourth-order valence-electron chi connectivity index (χ4n) is 2.09. The lowest BCUT2D eigenvalue weighted by molar-refractivity contribution is 0.593. The Balaban J connectivity index is 2.53. The fourth-order valence-corrected chi connectivity index (χ4v) is 2.20. The van der Waals surface area contributed by atoms with E-state index < -0.39 is 0 Å². The minimum atomic E-state index is 0.421. The third-order valence-corrected chi connectivity index (χ3v) is 3.36. The first-order chi connectivity index (χ1) is 9.02. The van der Waals surface area contributed by atoms with Crippen molar-refractivity contribution < 1.29 is 0 Å². The minimum absolute atomic E-state index is 0.421. The second-order valence-corrected chi connectivity index (χ2v) is 5.58. The van der Waals surface area contributed by atoms with Crippen LogP contribution in [0.4, 0.5) is 5.82 Å². The summed E-state index contributed by atoms with van der Waals surface area (Å²) in [5.41, 5.74) is 7.49. The van der Waals surface area contributed by atoms with Gasteiger partial charge in [0.2, 0.25) is 0 Å². The van der Waals surface area contributed by atoms with Crippen LogP contribution in [-0.2, 0) is 0 Å². The number of hydrogen-bond acceptors (Lipinski definition) is 3. The van der Waals surface area contributed by atoms with Crippen molar-refractivity contribution in [2.75, 3.05) is 5.32 Å². The molecule has 0 bridgehead atoms. The zero-order chi connectivity index (χ0) is 14.3. The zero-order valence-electron chi connectivity index (χ0n) is 12.2. The molecule has 0 saturated carbocycles. The van der Waals surface area contributed by atoms with E-state index in [1.807, 2.05) is 19.1 Å². The summed E-state index contributed by atoms with van der Waals surface area (Å²) in [6.07, 6.45) is 6.33. The van der Waals surface area contributed by atoms with Gasteiger partial charge in [0.15, 0.2) is 0 Å². The first kappa shape index (κ1) is 15.9. The van der Waals surface area contributed by atoms with Crippen molar-refractivity contribution in [3.8, 4) is 0 Å². The van der Waals surface area contributed by atoms with E-state index in [0.717, 1.165) is 23.5 Å². The maximum Gasteiger partial charge on any atom is 0.127 e. The SMILES string of the molecule is CCCCCCC(C)Nc1cc(C(N)=S)cc(C)n1. The van der Waals surface area contributed by atoms with Gasteiger partial charge in [-0.1, -0.05) is 44.8 Å². The van der Waals surface area contributed by atoms with Crippen LogP contribution in [-0.4, -0.2) is 16.0 Å². The van der Waals surface area contributed by atoms with Gasteiger partial charge in [-0.15, -0.1) is 0 Å². The van der Waals surface area contributed by atoms with E-state index >= 15 is 0 Å². The zero-order valence-corrected chi connectivity index (χ0v) is 13.0. The third kappa shape index (κ3) is 6.01. The van der Waals surface area contributed by atoms with Gasteiger partial charge in [-0.3, -0.25) is 0 Å². The molecule has 0 saturated heterocycles. The van der Waals surface area contributed by atoms with E-state index in [4.69, 9.17) is 18.0 Å². The molecule has 0 aliphatic heterocycles. The van der Waals surface area contributed by atoms with Crippen LogP contribution in [0.3, 0.4) is 0 Å². The highest BCUT2D eigenvalue weighted by molar-refractivity contribution is 7.80. The lowest BCUT2D eigenvalue weighted by atomic mass is 10.1. The lowest BCUT2D eigenvalue weighted by Crippen LogP contribution is -2.17. The number of nitrogens with zero attached hydrogens (tertiary/aromatic N) is 1. The largest absolute Gasteiger partial charge is 0.389 e. The molecule has 3 N–H and O–H groups in total. The van der Waals surface area contributed by atoms with E-state index in [1.165, 1.54) is 25.7 Å². The van der Waals surface area contributed by atoms with Crippen LogP contribution in [0.2, 0.25) is 0 Å². The van der Waals surface area contributed by atoms with Crippen LogP contribution in [0, 0.1) is 6.92 Å². The van der Waals surface area contributed by atoms with E-state index in [1.54, 1.807) is 0 Å². The smallest absolute Gasteiger partial charge is 0.127 e. The van der Waals surface area contributed by atoms with Gasteiger partial charge in [0.25, 0.3) is 0 Å². The van der Waals surface area contributed by atoms with Crippen molar-refractivity contribution in [3.63, 3.8) is 0 Å². The van der Waals surface area contributed by atoms with Gasteiger partial charge in [-0.05, 0) is 32.4 Å². The molecule has 0 radical (unpaired) electrons. The summed E-state index contributed by atoms with van der Waals surface area (Å²) in [7, 11) is 0. The van der Waals surface area contributed by atoms with Crippen LogP contribution in [0.25, 0.3) is 0 Å². The summed E-state index contributed by atoms with van der Waals surface area (Å²) < 4.78 is 0. The predicted molar refractivity (Wildman–Crippen MR) is 86.7 cm³/mol. The minimum Gasteiger partial charge on any atom is -0.389 e. The van der Waals surface area contributed by atoms with E-state index in [2.05, 4.69) is 24.1 Å². The molecule has 0 aromatic carbocycles. The molecule has 0 amide bonds. The van der Waals surface area contributed by atoms with Gasteiger partial charge in [0, 0.05) is 17.3 Å². The number of aryl methyl sites for hydroxylation is 1. The monoisotopic (exact) mass is 279 g/mol. The summed E-state index contributed by atoms with van der Waals surface area (Å²) in [5, 5.41) is 3.43. The predicted octanol–water partition coefficient (Wildman–Crippen LogP) is 3.80. The topological polar surface area (TPSA) is 50.9 Å². The number of pyridine rings is 1. The summed E-state index contributed by atoms with van der Waals surface area (Å²) in [6.45, 7) is 6.38. The number of anilines is 1. The number of nitrogens with one attached hydrogen (secondary N) is 1. The second-order valence-electron chi connectivity index (χ2n) is 5.14. The quantitative estimate of drug-likeness (QED) is 0.561. The Hall–Kier alpha value is -1.16. The summed E-state index contributed by atoms with van der Waals surface area (Å²) >= 11 is 5.02. The van der Waals surface area contributed by atoms with Gasteiger partial charge in [-0.25, -0.2) is 4.98 Å². The molecule has 106 valence electrons. The van der Waals surface area contributed by atoms with Crippen molar-refractivity contribution in [3.05, 3.63) is 23.4 Å². The standard InChI is InChI=1S/C15H25N3S/c1-4-5-6-7-8-11(2)17-14-10-13(15(16)19)9-12(3)18-14/h9-11H,4-8H2,1-3H3,(H2,16,19)(H,17,18). The first-order valence-corrected chi connectivity index (χ1v) is 7.48. The summed E-state index contributed by atoms with van der Waals surface area (Å²) in [6, 6.07) is 4.27. The lowest BCUT2D eigenvalue weighted by Gasteiger charge is -2.15. The van der Waals surface area contributed by atoms with Gasteiger partial charge in [0.05, 0.1) is 0 Å². The Morgan fingerprint density at radius 3 is 2.74 bits per heavy atom. The van der Waals surface area contributed by atoms with Gasteiger partial charge >= 0.3 is 0 Å². The van der Waals surface area contributed by atoms with Crippen molar-refractivity contribution >= 4 is 23.0 Å². The second kappa shape index (κ2) is 8.10. The Morgan fingerprint density at radius 1 is 1.37 bits per heavy atom. The molecular formula is C15H25N3S. The van der Waals surface area contributed by atoms with E-state index in [-0.39, 0.29) is 0 Å². The molecule has 3 nitrogen and oxygen atoms in total. The number of unbranched alkanes of at least 4 members (excludes halogenated alkanes) is 3. The van der Waals surface area contributed by atoms with Gasteiger partial charge in [0.1, 0.15) is 10.8 Å². The van der Waals surface area contributed by atoms with Crippen LogP contribution < -0.4 is 11.1 Å². The average molecular weight is 279 g/mol. The maximum absolute atomic E-state index is 5.67. The van der Waals surface area contributed by atoms with E-state index in [0.29, 0.717) is 11.0 Å². The molecule has 1 rings (SSSR count). The summed E-state index contributed by atoms with van der Waals surface area (Å²) in [5.74, 6) is 0.866. The normalized spacial score (nSPS) is 12.2. The highest BCUT2D eigenvalue weighted by Crippen LogP contribution is 2.14. The molecule has 0 aliphatic rings. The highest BCUT2D eigenvalue weighted by Gasteiger charge is 2.06. The molecule has 1 atom stereocenters. The molecule has 1 aromatic heterocycles. The Morgan fingerprint density at radius 2 is 2.11 bits per heavy atom. The number of nitrogens with two attached hydrogens (primary N) is 1. The van der Waals surface area contributed by atoms with Gasteiger partial charge < -0.3 is 11.1 Å². The maximum atomic E-state index is 5.67.